The first-order valence-electron chi connectivity index (χ1n) is 7.42. The molecule has 4 heteroatoms. The molecule has 1 saturated carbocycles. The van der Waals surface area contributed by atoms with E-state index in [4.69, 9.17) is 0 Å². The molecule has 3 rings (SSSR count). The highest BCUT2D eigenvalue weighted by Gasteiger charge is 2.17. The van der Waals surface area contributed by atoms with Crippen LogP contribution in [0.1, 0.15) is 31.2 Å². The van der Waals surface area contributed by atoms with Crippen LogP contribution < -0.4 is 5.32 Å². The Kier molecular flexibility index (Phi) is 3.72. The Hall–Kier alpha value is -1.84. The number of aromatic nitrogens is 2. The van der Waals surface area contributed by atoms with Crippen LogP contribution in [0.3, 0.4) is 0 Å². The van der Waals surface area contributed by atoms with Gasteiger partial charge < -0.3 is 5.32 Å². The fourth-order valence-electron chi connectivity index (χ4n) is 2.68. The van der Waals surface area contributed by atoms with E-state index >= 15 is 0 Å². The highest BCUT2D eigenvalue weighted by molar-refractivity contribution is 5.82. The van der Waals surface area contributed by atoms with Crippen molar-refractivity contribution in [1.29, 1.82) is 0 Å². The van der Waals surface area contributed by atoms with E-state index in [2.05, 4.69) is 29.5 Å². The maximum atomic E-state index is 11.8. The van der Waals surface area contributed by atoms with Crippen molar-refractivity contribution in [1.82, 2.24) is 15.1 Å². The third kappa shape index (κ3) is 2.69. The molecule has 1 heterocycles. The number of hydrogen-bond acceptors (Lipinski definition) is 2. The van der Waals surface area contributed by atoms with Crippen LogP contribution in [0.15, 0.2) is 24.4 Å². The summed E-state index contributed by atoms with van der Waals surface area (Å²) in [5.74, 6) is 0.848. The molecular weight excluding hydrogens is 250 g/mol. The predicted molar refractivity (Wildman–Crippen MR) is 79.4 cm³/mol. The number of aryl methyl sites for hydroxylation is 2. The first-order chi connectivity index (χ1) is 9.74. The molecule has 0 atom stereocenters. The SMILES string of the molecule is Cc1cccc2c1cnn2CCC(=O)NCC1CCC1. The first-order valence-corrected chi connectivity index (χ1v) is 7.42. The van der Waals surface area contributed by atoms with Gasteiger partial charge in [-0.25, -0.2) is 0 Å². The Balaban J connectivity index is 1.56. The van der Waals surface area contributed by atoms with Gasteiger partial charge in [0.05, 0.1) is 18.3 Å². The molecule has 2 aromatic rings. The van der Waals surface area contributed by atoms with Crippen LogP contribution in [0.4, 0.5) is 0 Å². The number of benzene rings is 1. The van der Waals surface area contributed by atoms with Gasteiger partial charge in [0.25, 0.3) is 0 Å². The molecule has 1 aromatic heterocycles. The van der Waals surface area contributed by atoms with E-state index in [1.54, 1.807) is 0 Å². The fraction of sp³-hybridized carbons (Fsp3) is 0.500. The molecule has 20 heavy (non-hydrogen) atoms. The Morgan fingerprint density at radius 2 is 2.30 bits per heavy atom. The Labute approximate surface area is 119 Å². The molecule has 1 N–H and O–H groups in total. The van der Waals surface area contributed by atoms with Gasteiger partial charge in [0.2, 0.25) is 5.91 Å². The Morgan fingerprint density at radius 1 is 1.45 bits per heavy atom. The van der Waals surface area contributed by atoms with Crippen LogP contribution in [-0.2, 0) is 11.3 Å². The minimum absolute atomic E-state index is 0.133. The van der Waals surface area contributed by atoms with Gasteiger partial charge in [-0.15, -0.1) is 0 Å². The Morgan fingerprint density at radius 3 is 3.05 bits per heavy atom. The van der Waals surface area contributed by atoms with Crippen molar-refractivity contribution >= 4 is 16.8 Å². The number of rotatable bonds is 5. The average molecular weight is 271 g/mol. The van der Waals surface area contributed by atoms with Crippen molar-refractivity contribution < 1.29 is 4.79 Å². The third-order valence-electron chi connectivity index (χ3n) is 4.27. The van der Waals surface area contributed by atoms with Crippen molar-refractivity contribution in [3.05, 3.63) is 30.0 Å². The van der Waals surface area contributed by atoms with Crippen molar-refractivity contribution in [3.63, 3.8) is 0 Å². The molecule has 0 unspecified atom stereocenters. The zero-order valence-electron chi connectivity index (χ0n) is 11.9. The number of nitrogens with zero attached hydrogens (tertiary/aromatic N) is 2. The van der Waals surface area contributed by atoms with Gasteiger partial charge in [-0.1, -0.05) is 18.6 Å². The molecular formula is C16H21N3O. The van der Waals surface area contributed by atoms with Crippen LogP contribution in [0.25, 0.3) is 10.9 Å². The lowest BCUT2D eigenvalue weighted by molar-refractivity contribution is -0.121. The molecule has 1 amide bonds. The van der Waals surface area contributed by atoms with E-state index < -0.39 is 0 Å². The van der Waals surface area contributed by atoms with Gasteiger partial charge >= 0.3 is 0 Å². The van der Waals surface area contributed by atoms with Gasteiger partial charge in [0, 0.05) is 18.4 Å². The topological polar surface area (TPSA) is 46.9 Å². The summed E-state index contributed by atoms with van der Waals surface area (Å²) in [5, 5.41) is 8.58. The smallest absolute Gasteiger partial charge is 0.221 e. The highest BCUT2D eigenvalue weighted by Crippen LogP contribution is 2.25. The molecule has 0 bridgehead atoms. The highest BCUT2D eigenvalue weighted by atomic mass is 16.1. The van der Waals surface area contributed by atoms with Crippen LogP contribution in [-0.4, -0.2) is 22.2 Å². The van der Waals surface area contributed by atoms with Crippen LogP contribution in [0.5, 0.6) is 0 Å². The quantitative estimate of drug-likeness (QED) is 0.908. The van der Waals surface area contributed by atoms with Gasteiger partial charge in [0.15, 0.2) is 0 Å². The molecule has 1 aliphatic rings. The maximum Gasteiger partial charge on any atom is 0.221 e. The molecule has 1 aromatic carbocycles. The van der Waals surface area contributed by atoms with E-state index in [1.165, 1.54) is 30.2 Å². The average Bonchev–Trinajstić information content (AvgIpc) is 2.79. The zero-order valence-corrected chi connectivity index (χ0v) is 11.9. The number of carbonyl (C=O) groups excluding carboxylic acids is 1. The minimum Gasteiger partial charge on any atom is -0.356 e. The summed E-state index contributed by atoms with van der Waals surface area (Å²) in [7, 11) is 0. The van der Waals surface area contributed by atoms with Crippen LogP contribution >= 0.6 is 0 Å². The summed E-state index contributed by atoms with van der Waals surface area (Å²) < 4.78 is 1.92. The van der Waals surface area contributed by atoms with Crippen molar-refractivity contribution in [2.75, 3.05) is 6.54 Å². The number of hydrogen-bond donors (Lipinski definition) is 1. The van der Waals surface area contributed by atoms with E-state index in [1.807, 2.05) is 16.9 Å². The molecule has 0 radical (unpaired) electrons. The van der Waals surface area contributed by atoms with Gasteiger partial charge in [-0.2, -0.15) is 5.10 Å². The van der Waals surface area contributed by atoms with E-state index in [9.17, 15) is 4.79 Å². The second-order valence-corrected chi connectivity index (χ2v) is 5.73. The number of amides is 1. The molecule has 1 aliphatic carbocycles. The van der Waals surface area contributed by atoms with Crippen molar-refractivity contribution in [3.8, 4) is 0 Å². The van der Waals surface area contributed by atoms with E-state index in [0.29, 0.717) is 18.9 Å². The van der Waals surface area contributed by atoms with Gasteiger partial charge in [-0.05, 0) is 37.3 Å². The van der Waals surface area contributed by atoms with Crippen molar-refractivity contribution in [2.24, 2.45) is 5.92 Å². The molecule has 1 fully saturated rings. The molecule has 0 spiro atoms. The normalized spacial score (nSPS) is 15.2. The summed E-state index contributed by atoms with van der Waals surface area (Å²) in [6.45, 7) is 3.57. The lowest BCUT2D eigenvalue weighted by atomic mass is 9.85. The molecule has 106 valence electrons. The standard InChI is InChI=1S/C16H21N3O/c1-12-4-2-7-15-14(12)11-18-19(15)9-8-16(20)17-10-13-5-3-6-13/h2,4,7,11,13H,3,5-6,8-10H2,1H3,(H,17,20). The van der Waals surface area contributed by atoms with Crippen LogP contribution in [0, 0.1) is 12.8 Å². The van der Waals surface area contributed by atoms with Gasteiger partial charge in [0.1, 0.15) is 0 Å². The number of fused-ring (bicyclic) bond motifs is 1. The summed E-state index contributed by atoms with van der Waals surface area (Å²) in [5.41, 5.74) is 2.33. The van der Waals surface area contributed by atoms with Crippen LogP contribution in [0.2, 0.25) is 0 Å². The van der Waals surface area contributed by atoms with E-state index in [0.717, 1.165) is 12.1 Å². The Bertz CT molecular complexity index is 613. The molecule has 0 saturated heterocycles. The minimum atomic E-state index is 0.133. The number of carbonyl (C=O) groups is 1. The number of nitrogens with one attached hydrogen (secondary N) is 1. The summed E-state index contributed by atoms with van der Waals surface area (Å²) in [6.07, 6.45) is 6.24. The monoisotopic (exact) mass is 271 g/mol. The lowest BCUT2D eigenvalue weighted by Crippen LogP contribution is -2.32. The fourth-order valence-corrected chi connectivity index (χ4v) is 2.68. The lowest BCUT2D eigenvalue weighted by Gasteiger charge is -2.25. The maximum absolute atomic E-state index is 11.8. The summed E-state index contributed by atoms with van der Waals surface area (Å²) in [6, 6.07) is 6.17. The second-order valence-electron chi connectivity index (χ2n) is 5.73. The second kappa shape index (κ2) is 5.65. The molecule has 0 aliphatic heterocycles. The predicted octanol–water partition coefficient (Wildman–Crippen LogP) is 2.65. The van der Waals surface area contributed by atoms with Crippen molar-refractivity contribution in [2.45, 2.75) is 39.2 Å². The zero-order chi connectivity index (χ0) is 13.9. The first kappa shape index (κ1) is 13.2. The molecule has 4 nitrogen and oxygen atoms in total. The summed E-state index contributed by atoms with van der Waals surface area (Å²) >= 11 is 0. The largest absolute Gasteiger partial charge is 0.356 e. The van der Waals surface area contributed by atoms with E-state index in [-0.39, 0.29) is 5.91 Å². The summed E-state index contributed by atoms with van der Waals surface area (Å²) in [4.78, 5) is 11.8. The van der Waals surface area contributed by atoms with Gasteiger partial charge in [-0.3, -0.25) is 9.48 Å². The third-order valence-corrected chi connectivity index (χ3v) is 4.27.